The molecular weight excluding hydrogens is 294 g/mol. The van der Waals surface area contributed by atoms with Crippen LogP contribution in [0.25, 0.3) is 0 Å². The average molecular weight is 305 g/mol. The third-order valence-electron chi connectivity index (χ3n) is 2.37. The fraction of sp³-hybridized carbons (Fsp3) is 0.0909. The molecule has 22 heavy (non-hydrogen) atoms. The third kappa shape index (κ3) is 3.75. The Morgan fingerprint density at radius 1 is 1.32 bits per heavy atom. The second-order valence-electron chi connectivity index (χ2n) is 3.93. The molecule has 0 aliphatic heterocycles. The van der Waals surface area contributed by atoms with E-state index in [1.165, 1.54) is 24.3 Å². The van der Waals surface area contributed by atoms with Gasteiger partial charge in [-0.25, -0.2) is 4.63 Å². The van der Waals surface area contributed by atoms with Crippen molar-refractivity contribution in [2.24, 2.45) is 16.1 Å². The number of nitrogens with one attached hydrogen (secondary N) is 1. The quantitative estimate of drug-likeness (QED) is 0.296. The Labute approximate surface area is 123 Å². The monoisotopic (exact) mass is 305 g/mol. The fourth-order valence-electron chi connectivity index (χ4n) is 1.38. The van der Waals surface area contributed by atoms with Gasteiger partial charge >= 0.3 is 0 Å². The number of aromatic nitrogens is 2. The number of anilines is 2. The molecule has 2 rings (SSSR count). The third-order valence-corrected chi connectivity index (χ3v) is 2.37. The summed E-state index contributed by atoms with van der Waals surface area (Å²) in [5.41, 5.74) is 11.7. The first-order chi connectivity index (χ1) is 10.6. The maximum absolute atomic E-state index is 11.6. The number of carbonyl (C=O) groups excluding carboxylic acids is 1. The molecule has 1 heterocycles. The molecule has 11 heteroatoms. The number of rotatable bonds is 6. The molecular formula is C11H11N7O4. The molecule has 2 aromatic rings. The Kier molecular flexibility index (Phi) is 4.59. The number of hydrogen-bond acceptors (Lipinski definition) is 9. The second-order valence-corrected chi connectivity index (χ2v) is 3.93. The lowest BCUT2D eigenvalue weighted by Gasteiger charge is -2.04. The van der Waals surface area contributed by atoms with Gasteiger partial charge in [0.05, 0.1) is 0 Å². The minimum atomic E-state index is -0.477. The van der Waals surface area contributed by atoms with Crippen LogP contribution in [0.4, 0.5) is 17.2 Å². The van der Waals surface area contributed by atoms with Gasteiger partial charge in [0.15, 0.2) is 24.0 Å². The number of hydrogen-bond donors (Lipinski definition) is 3. The zero-order valence-corrected chi connectivity index (χ0v) is 11.1. The molecule has 1 aromatic heterocycles. The van der Waals surface area contributed by atoms with Crippen molar-refractivity contribution in [2.45, 2.75) is 0 Å². The van der Waals surface area contributed by atoms with Crippen molar-refractivity contribution in [3.05, 3.63) is 34.9 Å². The standard InChI is InChI=1S/C11H11N7O4/c12-10(9-11(13)18-22-16-9)17-21-5-8(19)14-6-1-3-7(15-20)4-2-6/h1-4H,5H2,(H2,12,17)(H2,13,18)(H,14,19). The van der Waals surface area contributed by atoms with Crippen molar-refractivity contribution in [1.29, 1.82) is 0 Å². The molecule has 0 unspecified atom stereocenters. The van der Waals surface area contributed by atoms with Crippen molar-refractivity contribution in [3.8, 4) is 0 Å². The number of oxime groups is 1. The number of nitrogen functional groups attached to an aromatic ring is 1. The zero-order valence-electron chi connectivity index (χ0n) is 11.1. The Bertz CT molecular complexity index is 695. The summed E-state index contributed by atoms with van der Waals surface area (Å²) >= 11 is 0. The molecule has 0 saturated carbocycles. The van der Waals surface area contributed by atoms with Crippen molar-refractivity contribution in [1.82, 2.24) is 10.3 Å². The predicted octanol–water partition coefficient (Wildman–Crippen LogP) is 0.325. The summed E-state index contributed by atoms with van der Waals surface area (Å²) < 4.78 is 4.34. The van der Waals surface area contributed by atoms with Crippen molar-refractivity contribution in [3.63, 3.8) is 0 Å². The lowest BCUT2D eigenvalue weighted by molar-refractivity contribution is -0.120. The Morgan fingerprint density at radius 3 is 2.64 bits per heavy atom. The average Bonchev–Trinajstić information content (AvgIpc) is 2.94. The van der Waals surface area contributed by atoms with Gasteiger partial charge in [-0.3, -0.25) is 4.79 Å². The van der Waals surface area contributed by atoms with Crippen LogP contribution in [0.5, 0.6) is 0 Å². The second kappa shape index (κ2) is 6.78. The van der Waals surface area contributed by atoms with Crippen LogP contribution in [0.1, 0.15) is 5.69 Å². The van der Waals surface area contributed by atoms with E-state index in [9.17, 15) is 9.70 Å². The van der Waals surface area contributed by atoms with Crippen LogP contribution < -0.4 is 16.8 Å². The van der Waals surface area contributed by atoms with E-state index >= 15 is 0 Å². The minimum Gasteiger partial charge on any atom is -0.384 e. The molecule has 1 aromatic carbocycles. The summed E-state index contributed by atoms with van der Waals surface area (Å²) in [5, 5.41) is 15.5. The lowest BCUT2D eigenvalue weighted by Crippen LogP contribution is -2.20. The highest BCUT2D eigenvalue weighted by Crippen LogP contribution is 2.15. The number of nitrogens with two attached hydrogens (primary N) is 2. The van der Waals surface area contributed by atoms with Crippen LogP contribution in [-0.2, 0) is 9.63 Å². The van der Waals surface area contributed by atoms with Gasteiger partial charge in [-0.1, -0.05) is 5.16 Å². The summed E-state index contributed by atoms with van der Waals surface area (Å²) in [6, 6.07) is 5.96. The maximum Gasteiger partial charge on any atom is 0.265 e. The van der Waals surface area contributed by atoms with Crippen molar-refractivity contribution in [2.75, 3.05) is 17.7 Å². The van der Waals surface area contributed by atoms with E-state index in [0.29, 0.717) is 5.69 Å². The Balaban J connectivity index is 1.84. The predicted molar refractivity (Wildman–Crippen MR) is 75.9 cm³/mol. The highest BCUT2D eigenvalue weighted by Gasteiger charge is 2.11. The van der Waals surface area contributed by atoms with E-state index in [1.54, 1.807) is 0 Å². The number of amides is 1. The van der Waals surface area contributed by atoms with E-state index in [-0.39, 0.29) is 29.6 Å². The first-order valence-corrected chi connectivity index (χ1v) is 5.87. The molecule has 0 saturated heterocycles. The number of amidine groups is 1. The maximum atomic E-state index is 11.6. The summed E-state index contributed by atoms with van der Waals surface area (Å²) in [5.74, 6) is -0.694. The van der Waals surface area contributed by atoms with Crippen LogP contribution in [0.15, 0.2) is 39.2 Å². The number of benzene rings is 1. The summed E-state index contributed by atoms with van der Waals surface area (Å²) in [7, 11) is 0. The van der Waals surface area contributed by atoms with Gasteiger partial charge < -0.3 is 21.6 Å². The molecule has 0 fully saturated rings. The fourth-order valence-corrected chi connectivity index (χ4v) is 1.38. The first kappa shape index (κ1) is 14.9. The SMILES string of the molecule is N/C(=N\OCC(=O)Nc1ccc(N=O)cc1)c1nonc1N. The summed E-state index contributed by atoms with van der Waals surface area (Å²) in [6.07, 6.45) is 0. The van der Waals surface area contributed by atoms with Gasteiger partial charge in [-0.2, -0.15) is 0 Å². The summed E-state index contributed by atoms with van der Waals surface area (Å²) in [6.45, 7) is -0.389. The van der Waals surface area contributed by atoms with Crippen molar-refractivity contribution < 1.29 is 14.3 Å². The van der Waals surface area contributed by atoms with Crippen molar-refractivity contribution >= 4 is 28.9 Å². The molecule has 114 valence electrons. The highest BCUT2D eigenvalue weighted by atomic mass is 16.6. The van der Waals surface area contributed by atoms with Crippen LogP contribution >= 0.6 is 0 Å². The summed E-state index contributed by atoms with van der Waals surface area (Å²) in [4.78, 5) is 26.6. The molecule has 0 bridgehead atoms. The van der Waals surface area contributed by atoms with E-state index < -0.39 is 5.91 Å². The Hall–Kier alpha value is -3.50. The number of nitrogens with zero attached hydrogens (tertiary/aromatic N) is 4. The molecule has 0 aliphatic rings. The molecule has 0 atom stereocenters. The van der Waals surface area contributed by atoms with Gasteiger partial charge in [0.1, 0.15) is 5.69 Å². The van der Waals surface area contributed by atoms with Crippen LogP contribution in [0.2, 0.25) is 0 Å². The van der Waals surface area contributed by atoms with E-state index in [2.05, 4.69) is 30.6 Å². The largest absolute Gasteiger partial charge is 0.384 e. The smallest absolute Gasteiger partial charge is 0.265 e. The van der Waals surface area contributed by atoms with E-state index in [0.717, 1.165) is 0 Å². The van der Waals surface area contributed by atoms with Gasteiger partial charge in [-0.15, -0.1) is 4.91 Å². The molecule has 5 N–H and O–H groups in total. The first-order valence-electron chi connectivity index (χ1n) is 5.87. The minimum absolute atomic E-state index is 0.0253. The van der Waals surface area contributed by atoms with Gasteiger partial charge in [0.2, 0.25) is 0 Å². The van der Waals surface area contributed by atoms with Crippen LogP contribution in [0.3, 0.4) is 0 Å². The molecule has 11 nitrogen and oxygen atoms in total. The number of nitroso groups, excluding NO2 is 1. The van der Waals surface area contributed by atoms with E-state index in [4.69, 9.17) is 16.3 Å². The normalized spacial score (nSPS) is 11.0. The van der Waals surface area contributed by atoms with Crippen LogP contribution in [-0.4, -0.2) is 28.7 Å². The molecule has 0 spiro atoms. The van der Waals surface area contributed by atoms with Gasteiger partial charge in [0.25, 0.3) is 5.91 Å². The molecule has 0 radical (unpaired) electrons. The van der Waals surface area contributed by atoms with E-state index in [1.807, 2.05) is 0 Å². The van der Waals surface area contributed by atoms with Crippen LogP contribution in [0, 0.1) is 4.91 Å². The van der Waals surface area contributed by atoms with Gasteiger partial charge in [-0.05, 0) is 39.8 Å². The lowest BCUT2D eigenvalue weighted by atomic mass is 10.3. The van der Waals surface area contributed by atoms with Gasteiger partial charge in [0, 0.05) is 5.69 Å². The Morgan fingerprint density at radius 2 is 2.05 bits per heavy atom. The molecule has 0 aliphatic carbocycles. The highest BCUT2D eigenvalue weighted by molar-refractivity contribution is 5.98. The molecule has 1 amide bonds. The zero-order chi connectivity index (χ0) is 15.9. The number of carbonyl (C=O) groups is 1. The topological polar surface area (TPSA) is 171 Å².